The van der Waals surface area contributed by atoms with E-state index < -0.39 is 48.1 Å². The van der Waals surface area contributed by atoms with Gasteiger partial charge in [-0.3, -0.25) is 24.0 Å². The van der Waals surface area contributed by atoms with Crippen LogP contribution in [0, 0.1) is 11.8 Å². The van der Waals surface area contributed by atoms with Gasteiger partial charge in [0.15, 0.2) is 5.78 Å². The predicted octanol–water partition coefficient (Wildman–Crippen LogP) is -0.263. The molecule has 11 nitrogen and oxygen atoms in total. The Bertz CT molecular complexity index is 918. The van der Waals surface area contributed by atoms with Crippen LogP contribution in [0.1, 0.15) is 33.1 Å². The fourth-order valence-corrected chi connectivity index (χ4v) is 3.62. The van der Waals surface area contributed by atoms with Gasteiger partial charge in [0, 0.05) is 24.2 Å². The van der Waals surface area contributed by atoms with E-state index in [0.717, 1.165) is 0 Å². The van der Waals surface area contributed by atoms with Crippen molar-refractivity contribution in [3.8, 4) is 5.75 Å². The lowest BCUT2D eigenvalue weighted by Crippen LogP contribution is -2.54. The van der Waals surface area contributed by atoms with Gasteiger partial charge >= 0.3 is 11.8 Å². The van der Waals surface area contributed by atoms with E-state index in [4.69, 9.17) is 4.74 Å². The van der Waals surface area contributed by atoms with Crippen LogP contribution in [0.2, 0.25) is 0 Å². The molecule has 0 aliphatic carbocycles. The van der Waals surface area contributed by atoms with Gasteiger partial charge in [0.25, 0.3) is 0 Å². The van der Waals surface area contributed by atoms with Crippen molar-refractivity contribution in [1.29, 1.82) is 0 Å². The Morgan fingerprint density at radius 3 is 2.47 bits per heavy atom. The number of carbonyl (C=O) groups excluding carboxylic acids is 5. The standard InChI is InChI=1S/C23H32N4O7/c1-13(2)9-18(27-23(33)22(32)25-15-5-4-6-16(11-15)34-3)21(31)26-17(19(29)12-28)10-14-7-8-24-20(14)30/h4-6,11,13-14,17-18,28H,7-10,12H2,1-3H3,(H,24,30)(H,25,32)(H,26,31)(H,27,33)/t14-,17-,18-/m0/s1. The van der Waals surface area contributed by atoms with Gasteiger partial charge in [-0.15, -0.1) is 0 Å². The second kappa shape index (κ2) is 12.7. The van der Waals surface area contributed by atoms with Crippen molar-refractivity contribution in [2.75, 3.05) is 25.6 Å². The minimum Gasteiger partial charge on any atom is -0.497 e. The number of rotatable bonds is 11. The number of aliphatic hydroxyl groups is 1. The molecule has 0 unspecified atom stereocenters. The summed E-state index contributed by atoms with van der Waals surface area (Å²) in [5.41, 5.74) is 0.341. The lowest BCUT2D eigenvalue weighted by molar-refractivity contribution is -0.138. The predicted molar refractivity (Wildman–Crippen MR) is 123 cm³/mol. The van der Waals surface area contributed by atoms with E-state index in [9.17, 15) is 29.1 Å². The van der Waals surface area contributed by atoms with Crippen molar-refractivity contribution in [3.05, 3.63) is 24.3 Å². The van der Waals surface area contributed by atoms with E-state index in [1.807, 2.05) is 13.8 Å². The fraction of sp³-hybridized carbons (Fsp3) is 0.522. The maximum absolute atomic E-state index is 13.0. The number of Topliss-reactive ketones (excluding diaryl/α,β-unsaturated/α-hetero) is 1. The summed E-state index contributed by atoms with van der Waals surface area (Å²) in [4.78, 5) is 61.9. The quantitative estimate of drug-likeness (QED) is 0.275. The summed E-state index contributed by atoms with van der Waals surface area (Å²) >= 11 is 0. The van der Waals surface area contributed by atoms with E-state index in [1.165, 1.54) is 13.2 Å². The molecule has 1 fully saturated rings. The molecule has 1 aliphatic rings. The van der Waals surface area contributed by atoms with Crippen LogP contribution in [0.15, 0.2) is 24.3 Å². The maximum atomic E-state index is 13.0. The highest BCUT2D eigenvalue weighted by atomic mass is 16.5. The number of nitrogens with one attached hydrogen (secondary N) is 4. The number of benzene rings is 1. The molecule has 0 saturated carbocycles. The van der Waals surface area contributed by atoms with Crippen LogP contribution in [0.5, 0.6) is 5.75 Å². The van der Waals surface area contributed by atoms with E-state index >= 15 is 0 Å². The van der Waals surface area contributed by atoms with Crippen molar-refractivity contribution in [3.63, 3.8) is 0 Å². The topological polar surface area (TPSA) is 163 Å². The second-order valence-corrected chi connectivity index (χ2v) is 8.54. The molecule has 2 rings (SSSR count). The van der Waals surface area contributed by atoms with Gasteiger partial charge in [0.2, 0.25) is 11.8 Å². The van der Waals surface area contributed by atoms with Gasteiger partial charge in [-0.2, -0.15) is 0 Å². The van der Waals surface area contributed by atoms with E-state index in [-0.39, 0.29) is 24.7 Å². The molecule has 1 aromatic rings. The number of carbonyl (C=O) groups is 5. The zero-order chi connectivity index (χ0) is 25.3. The summed E-state index contributed by atoms with van der Waals surface area (Å²) in [7, 11) is 1.47. The minimum atomic E-state index is -1.10. The minimum absolute atomic E-state index is 0.0231. The van der Waals surface area contributed by atoms with Gasteiger partial charge in [0.1, 0.15) is 18.4 Å². The Morgan fingerprint density at radius 1 is 1.15 bits per heavy atom. The summed E-state index contributed by atoms with van der Waals surface area (Å²) in [6.45, 7) is 3.35. The summed E-state index contributed by atoms with van der Waals surface area (Å²) in [6, 6.07) is 4.24. The number of ketones is 1. The fourth-order valence-electron chi connectivity index (χ4n) is 3.62. The van der Waals surface area contributed by atoms with Crippen LogP contribution in [0.25, 0.3) is 0 Å². The van der Waals surface area contributed by atoms with Crippen molar-refractivity contribution >= 4 is 35.1 Å². The average Bonchev–Trinajstić information content (AvgIpc) is 3.21. The van der Waals surface area contributed by atoms with Gasteiger partial charge in [-0.1, -0.05) is 19.9 Å². The Morgan fingerprint density at radius 2 is 1.88 bits per heavy atom. The van der Waals surface area contributed by atoms with Crippen LogP contribution < -0.4 is 26.0 Å². The summed E-state index contributed by atoms with van der Waals surface area (Å²) in [5, 5.41) is 19.4. The summed E-state index contributed by atoms with van der Waals surface area (Å²) in [5.74, 6) is -3.53. The van der Waals surface area contributed by atoms with E-state index in [1.54, 1.807) is 18.2 Å². The number of methoxy groups -OCH3 is 1. The molecule has 0 bridgehead atoms. The van der Waals surface area contributed by atoms with Gasteiger partial charge in [-0.05, 0) is 37.3 Å². The van der Waals surface area contributed by atoms with E-state index in [2.05, 4.69) is 21.3 Å². The smallest absolute Gasteiger partial charge is 0.313 e. The SMILES string of the molecule is COc1cccc(NC(=O)C(=O)N[C@@H](CC(C)C)C(=O)N[C@@H](C[C@@H]2CCNC2=O)C(=O)CO)c1. The lowest BCUT2D eigenvalue weighted by atomic mass is 9.95. The van der Waals surface area contributed by atoms with Crippen LogP contribution in [0.4, 0.5) is 5.69 Å². The molecule has 3 atom stereocenters. The molecule has 0 radical (unpaired) electrons. The van der Waals surface area contributed by atoms with Crippen molar-refractivity contribution in [1.82, 2.24) is 16.0 Å². The molecule has 5 N–H and O–H groups in total. The number of ether oxygens (including phenoxy) is 1. The monoisotopic (exact) mass is 476 g/mol. The number of aliphatic hydroxyl groups excluding tert-OH is 1. The molecule has 0 spiro atoms. The third-order valence-corrected chi connectivity index (χ3v) is 5.41. The van der Waals surface area contributed by atoms with E-state index in [0.29, 0.717) is 24.4 Å². The summed E-state index contributed by atoms with van der Waals surface area (Å²) in [6.07, 6.45) is 0.754. The first-order valence-corrected chi connectivity index (χ1v) is 11.1. The molecule has 4 amide bonds. The van der Waals surface area contributed by atoms with Crippen LogP contribution in [-0.4, -0.2) is 66.9 Å². The Balaban J connectivity index is 2.07. The zero-order valence-corrected chi connectivity index (χ0v) is 19.6. The first-order chi connectivity index (χ1) is 16.1. The first-order valence-electron chi connectivity index (χ1n) is 11.1. The highest BCUT2D eigenvalue weighted by molar-refractivity contribution is 6.40. The average molecular weight is 477 g/mol. The molecule has 1 aromatic carbocycles. The maximum Gasteiger partial charge on any atom is 0.313 e. The van der Waals surface area contributed by atoms with Gasteiger partial charge in [0.05, 0.1) is 13.2 Å². The molecule has 1 heterocycles. The molecule has 11 heteroatoms. The van der Waals surface area contributed by atoms with Crippen LogP contribution in [-0.2, 0) is 24.0 Å². The van der Waals surface area contributed by atoms with Gasteiger partial charge < -0.3 is 31.1 Å². The highest BCUT2D eigenvalue weighted by Gasteiger charge is 2.33. The summed E-state index contributed by atoms with van der Waals surface area (Å²) < 4.78 is 5.08. The molecule has 1 saturated heterocycles. The van der Waals surface area contributed by atoms with Gasteiger partial charge in [-0.25, -0.2) is 0 Å². The van der Waals surface area contributed by atoms with Crippen LogP contribution in [0.3, 0.4) is 0 Å². The Labute approximate surface area is 198 Å². The van der Waals surface area contributed by atoms with Crippen molar-refractivity contribution < 1.29 is 33.8 Å². The van der Waals surface area contributed by atoms with Crippen molar-refractivity contribution in [2.24, 2.45) is 11.8 Å². The second-order valence-electron chi connectivity index (χ2n) is 8.54. The van der Waals surface area contributed by atoms with Crippen LogP contribution >= 0.6 is 0 Å². The Kier molecular flexibility index (Phi) is 9.99. The third kappa shape index (κ3) is 7.84. The molecule has 1 aliphatic heterocycles. The zero-order valence-electron chi connectivity index (χ0n) is 19.6. The lowest BCUT2D eigenvalue weighted by Gasteiger charge is -2.24. The first kappa shape index (κ1) is 26.8. The molecule has 186 valence electrons. The Hall–Kier alpha value is -3.47. The molecule has 0 aromatic heterocycles. The third-order valence-electron chi connectivity index (χ3n) is 5.41. The number of anilines is 1. The molecule has 34 heavy (non-hydrogen) atoms. The normalized spacial score (nSPS) is 16.9. The largest absolute Gasteiger partial charge is 0.497 e. The highest BCUT2D eigenvalue weighted by Crippen LogP contribution is 2.18. The number of hydrogen-bond donors (Lipinski definition) is 5. The number of hydrogen-bond acceptors (Lipinski definition) is 7. The molecular weight excluding hydrogens is 444 g/mol. The molecular formula is C23H32N4O7. The van der Waals surface area contributed by atoms with Crippen molar-refractivity contribution in [2.45, 2.75) is 45.2 Å². The number of amides is 4.